The van der Waals surface area contributed by atoms with Crippen molar-refractivity contribution >= 4 is 5.97 Å². The summed E-state index contributed by atoms with van der Waals surface area (Å²) in [6, 6.07) is 0. The number of hydrogen-bond acceptors (Lipinski definition) is 1. The van der Waals surface area contributed by atoms with Gasteiger partial charge in [-0.15, -0.1) is 0 Å². The normalized spacial score (nSPS) is 23.0. The van der Waals surface area contributed by atoms with Crippen molar-refractivity contribution in [1.82, 2.24) is 0 Å². The second-order valence-corrected chi connectivity index (χ2v) is 5.15. The van der Waals surface area contributed by atoms with E-state index in [1.165, 1.54) is 32.1 Å². The van der Waals surface area contributed by atoms with Crippen LogP contribution in [0, 0.1) is 11.3 Å². The molecule has 1 N–H and O–H groups in total. The molecule has 1 unspecified atom stereocenters. The third kappa shape index (κ3) is 3.32. The van der Waals surface area contributed by atoms with Gasteiger partial charge in [-0.05, 0) is 31.1 Å². The smallest absolute Gasteiger partial charge is 0.306 e. The molecule has 0 aromatic rings. The van der Waals surface area contributed by atoms with Crippen LogP contribution in [0.15, 0.2) is 0 Å². The maximum atomic E-state index is 10.7. The van der Waals surface area contributed by atoms with Crippen molar-refractivity contribution in [2.24, 2.45) is 11.3 Å². The molecule has 14 heavy (non-hydrogen) atoms. The molecule has 2 nitrogen and oxygen atoms in total. The second kappa shape index (κ2) is 4.81. The molecular formula is C12H22O2. The van der Waals surface area contributed by atoms with Crippen LogP contribution in [0.5, 0.6) is 0 Å². The van der Waals surface area contributed by atoms with Crippen molar-refractivity contribution in [3.63, 3.8) is 0 Å². The molecule has 0 heterocycles. The topological polar surface area (TPSA) is 37.3 Å². The predicted octanol–water partition coefficient (Wildman–Crippen LogP) is 3.46. The van der Waals surface area contributed by atoms with Gasteiger partial charge in [-0.1, -0.05) is 33.1 Å². The van der Waals surface area contributed by atoms with Gasteiger partial charge in [0.05, 0.1) is 5.92 Å². The van der Waals surface area contributed by atoms with Crippen LogP contribution in [0.1, 0.15) is 58.8 Å². The molecule has 0 aromatic carbocycles. The van der Waals surface area contributed by atoms with Gasteiger partial charge >= 0.3 is 5.97 Å². The molecule has 0 spiro atoms. The minimum absolute atomic E-state index is 0.172. The quantitative estimate of drug-likeness (QED) is 0.751. The SMILES string of the molecule is CC(CCC1(C)CCCCC1)C(=O)O. The number of carbonyl (C=O) groups is 1. The zero-order valence-electron chi connectivity index (χ0n) is 9.38. The minimum Gasteiger partial charge on any atom is -0.481 e. The molecule has 0 saturated heterocycles. The number of hydrogen-bond donors (Lipinski definition) is 1. The van der Waals surface area contributed by atoms with Gasteiger partial charge in [0.15, 0.2) is 0 Å². The fourth-order valence-electron chi connectivity index (χ4n) is 2.34. The molecule has 1 atom stereocenters. The highest BCUT2D eigenvalue weighted by Crippen LogP contribution is 2.40. The van der Waals surface area contributed by atoms with Crippen molar-refractivity contribution in [2.45, 2.75) is 58.8 Å². The standard InChI is InChI=1S/C12H22O2/c1-10(11(13)14)6-9-12(2)7-4-3-5-8-12/h10H,3-9H2,1-2H3,(H,13,14). The second-order valence-electron chi connectivity index (χ2n) is 5.15. The molecule has 1 rings (SSSR count). The lowest BCUT2D eigenvalue weighted by molar-refractivity contribution is -0.141. The minimum atomic E-state index is -0.649. The first-order valence-electron chi connectivity index (χ1n) is 5.76. The van der Waals surface area contributed by atoms with Crippen LogP contribution >= 0.6 is 0 Å². The highest BCUT2D eigenvalue weighted by Gasteiger charge is 2.27. The van der Waals surface area contributed by atoms with E-state index in [1.54, 1.807) is 0 Å². The summed E-state index contributed by atoms with van der Waals surface area (Å²) < 4.78 is 0. The molecule has 1 aliphatic carbocycles. The maximum Gasteiger partial charge on any atom is 0.306 e. The zero-order valence-corrected chi connectivity index (χ0v) is 9.38. The lowest BCUT2D eigenvalue weighted by Crippen LogP contribution is -2.22. The Labute approximate surface area is 86.7 Å². The monoisotopic (exact) mass is 198 g/mol. The van der Waals surface area contributed by atoms with Crippen molar-refractivity contribution in [1.29, 1.82) is 0 Å². The van der Waals surface area contributed by atoms with E-state index in [9.17, 15) is 4.79 Å². The van der Waals surface area contributed by atoms with Crippen molar-refractivity contribution in [2.75, 3.05) is 0 Å². The first-order valence-corrected chi connectivity index (χ1v) is 5.76. The summed E-state index contributed by atoms with van der Waals surface area (Å²) in [6.07, 6.45) is 8.53. The Morgan fingerprint density at radius 2 is 1.93 bits per heavy atom. The van der Waals surface area contributed by atoms with Crippen LogP contribution in [0.4, 0.5) is 0 Å². The summed E-state index contributed by atoms with van der Waals surface area (Å²) in [4.78, 5) is 10.7. The molecule has 1 saturated carbocycles. The lowest BCUT2D eigenvalue weighted by atomic mass is 9.72. The van der Waals surface area contributed by atoms with E-state index in [2.05, 4.69) is 6.92 Å². The summed E-state index contributed by atoms with van der Waals surface area (Å²) in [7, 11) is 0. The average Bonchev–Trinajstić information content (AvgIpc) is 2.15. The van der Waals surface area contributed by atoms with E-state index in [4.69, 9.17) is 5.11 Å². The number of rotatable bonds is 4. The Balaban J connectivity index is 2.31. The molecular weight excluding hydrogens is 176 g/mol. The van der Waals surface area contributed by atoms with Gasteiger partial charge in [-0.3, -0.25) is 4.79 Å². The summed E-state index contributed by atoms with van der Waals surface area (Å²) in [5.74, 6) is -0.821. The molecule has 1 aliphatic rings. The van der Waals surface area contributed by atoms with E-state index in [-0.39, 0.29) is 5.92 Å². The van der Waals surface area contributed by atoms with Crippen molar-refractivity contribution in [3.8, 4) is 0 Å². The molecule has 2 heteroatoms. The summed E-state index contributed by atoms with van der Waals surface area (Å²) in [5.41, 5.74) is 0.432. The number of aliphatic carboxylic acids is 1. The number of carboxylic acids is 1. The van der Waals surface area contributed by atoms with Gasteiger partial charge in [-0.2, -0.15) is 0 Å². The Hall–Kier alpha value is -0.530. The first-order chi connectivity index (χ1) is 6.53. The fraction of sp³-hybridized carbons (Fsp3) is 0.917. The summed E-state index contributed by atoms with van der Waals surface area (Å²) >= 11 is 0. The van der Waals surface area contributed by atoms with Crippen LogP contribution < -0.4 is 0 Å². The maximum absolute atomic E-state index is 10.7. The Morgan fingerprint density at radius 1 is 1.36 bits per heavy atom. The van der Waals surface area contributed by atoms with E-state index < -0.39 is 5.97 Å². The Morgan fingerprint density at radius 3 is 2.43 bits per heavy atom. The average molecular weight is 198 g/mol. The van der Waals surface area contributed by atoms with Gasteiger partial charge in [0.1, 0.15) is 0 Å². The van der Waals surface area contributed by atoms with Gasteiger partial charge in [0.25, 0.3) is 0 Å². The largest absolute Gasteiger partial charge is 0.481 e. The number of carboxylic acid groups (broad SMARTS) is 1. The van der Waals surface area contributed by atoms with E-state index in [0.717, 1.165) is 12.8 Å². The molecule has 0 amide bonds. The highest BCUT2D eigenvalue weighted by atomic mass is 16.4. The van der Waals surface area contributed by atoms with Gasteiger partial charge in [0, 0.05) is 0 Å². The van der Waals surface area contributed by atoms with Gasteiger partial charge < -0.3 is 5.11 Å². The van der Waals surface area contributed by atoms with E-state index >= 15 is 0 Å². The molecule has 1 fully saturated rings. The third-order valence-corrected chi connectivity index (χ3v) is 3.66. The first kappa shape index (κ1) is 11.5. The summed E-state index contributed by atoms with van der Waals surface area (Å²) in [6.45, 7) is 4.13. The zero-order chi connectivity index (χ0) is 10.6. The van der Waals surface area contributed by atoms with Crippen LogP contribution in [-0.4, -0.2) is 11.1 Å². The van der Waals surface area contributed by atoms with Crippen LogP contribution in [0.3, 0.4) is 0 Å². The highest BCUT2D eigenvalue weighted by molar-refractivity contribution is 5.69. The van der Waals surface area contributed by atoms with Crippen LogP contribution in [0.25, 0.3) is 0 Å². The summed E-state index contributed by atoms with van der Waals surface area (Å²) in [5, 5.41) is 8.80. The molecule has 0 bridgehead atoms. The third-order valence-electron chi connectivity index (χ3n) is 3.66. The van der Waals surface area contributed by atoms with Crippen LogP contribution in [0.2, 0.25) is 0 Å². The van der Waals surface area contributed by atoms with Crippen molar-refractivity contribution < 1.29 is 9.90 Å². The molecule has 82 valence electrons. The fourth-order valence-corrected chi connectivity index (χ4v) is 2.34. The van der Waals surface area contributed by atoms with E-state index in [1.807, 2.05) is 6.92 Å². The molecule has 0 radical (unpaired) electrons. The van der Waals surface area contributed by atoms with Gasteiger partial charge in [0.2, 0.25) is 0 Å². The molecule has 0 aromatic heterocycles. The Bertz CT molecular complexity index is 192. The van der Waals surface area contributed by atoms with Gasteiger partial charge in [-0.25, -0.2) is 0 Å². The van der Waals surface area contributed by atoms with E-state index in [0.29, 0.717) is 5.41 Å². The van der Waals surface area contributed by atoms with Crippen molar-refractivity contribution in [3.05, 3.63) is 0 Å². The molecule has 0 aliphatic heterocycles. The van der Waals surface area contributed by atoms with Crippen LogP contribution in [-0.2, 0) is 4.79 Å². The lowest BCUT2D eigenvalue weighted by Gasteiger charge is -2.34. The predicted molar refractivity (Wildman–Crippen MR) is 57.2 cm³/mol. The Kier molecular flexibility index (Phi) is 3.97.